The molecule has 0 amide bonds. The summed E-state index contributed by atoms with van der Waals surface area (Å²) in [4.78, 5) is 17.5. The van der Waals surface area contributed by atoms with Crippen molar-refractivity contribution in [2.75, 3.05) is 27.9 Å². The highest BCUT2D eigenvalue weighted by molar-refractivity contribution is 5.97. The van der Waals surface area contributed by atoms with Crippen LogP contribution in [-0.4, -0.2) is 45.8 Å². The van der Waals surface area contributed by atoms with Crippen molar-refractivity contribution in [3.63, 3.8) is 0 Å². The van der Waals surface area contributed by atoms with Crippen LogP contribution in [0, 0.1) is 11.3 Å². The number of carbonyl (C=O) groups excluding carboxylic acids is 1. The van der Waals surface area contributed by atoms with Crippen molar-refractivity contribution in [1.29, 1.82) is 0 Å². The molecular weight excluding hydrogens is 382 g/mol. The quantitative estimate of drug-likeness (QED) is 0.651. The van der Waals surface area contributed by atoms with Crippen LogP contribution >= 0.6 is 0 Å². The highest BCUT2D eigenvalue weighted by Gasteiger charge is 2.71. The van der Waals surface area contributed by atoms with E-state index in [0.29, 0.717) is 12.5 Å². The molecule has 1 saturated carbocycles. The Balaban J connectivity index is 1.67. The van der Waals surface area contributed by atoms with Crippen molar-refractivity contribution in [3.05, 3.63) is 65.7 Å². The van der Waals surface area contributed by atoms with Crippen LogP contribution < -0.4 is 4.74 Å². The van der Waals surface area contributed by atoms with Gasteiger partial charge in [0, 0.05) is 13.0 Å². The molecule has 30 heavy (non-hydrogen) atoms. The number of nitrogens with zero attached hydrogens (tertiary/aromatic N) is 1. The Morgan fingerprint density at radius 3 is 2.33 bits per heavy atom. The van der Waals surface area contributed by atoms with Crippen LogP contribution in [0.25, 0.3) is 0 Å². The van der Waals surface area contributed by atoms with Gasteiger partial charge < -0.3 is 18.9 Å². The minimum atomic E-state index is -0.572. The molecule has 0 unspecified atom stereocenters. The maximum Gasteiger partial charge on any atom is 0.310 e. The molecule has 0 spiro atoms. The van der Waals surface area contributed by atoms with Crippen LogP contribution in [0.15, 0.2) is 59.6 Å². The van der Waals surface area contributed by atoms with Gasteiger partial charge in [0.25, 0.3) is 0 Å². The van der Waals surface area contributed by atoms with Crippen molar-refractivity contribution < 1.29 is 23.7 Å². The van der Waals surface area contributed by atoms with E-state index < -0.39 is 5.41 Å². The molecule has 6 heteroatoms. The fourth-order valence-corrected chi connectivity index (χ4v) is 4.58. The van der Waals surface area contributed by atoms with E-state index in [1.54, 1.807) is 14.2 Å². The average molecular weight is 409 g/mol. The summed E-state index contributed by atoms with van der Waals surface area (Å²) in [6.07, 6.45) is -0.242. The number of hydrogen-bond donors (Lipinski definition) is 0. The number of hydrogen-bond acceptors (Lipinski definition) is 6. The Morgan fingerprint density at radius 2 is 1.73 bits per heavy atom. The normalized spacial score (nSPS) is 29.7. The molecule has 1 heterocycles. The van der Waals surface area contributed by atoms with Crippen molar-refractivity contribution in [3.8, 4) is 5.75 Å². The lowest BCUT2D eigenvalue weighted by atomic mass is 10.0. The minimum absolute atomic E-state index is 0.0766. The Morgan fingerprint density at radius 1 is 1.03 bits per heavy atom. The SMILES string of the molecule is COC[C@@H]1N=C([C@]2(C)[C@@H](C(=O)OC)[C@@H]2c2ccc(OC)cc2)O[C@H]1c1ccccc1. The van der Waals surface area contributed by atoms with Crippen molar-refractivity contribution in [2.45, 2.75) is 25.0 Å². The van der Waals surface area contributed by atoms with Crippen LogP contribution in [-0.2, 0) is 19.0 Å². The molecule has 0 bridgehead atoms. The lowest BCUT2D eigenvalue weighted by Gasteiger charge is -2.19. The van der Waals surface area contributed by atoms with Crippen molar-refractivity contribution >= 4 is 11.9 Å². The van der Waals surface area contributed by atoms with Gasteiger partial charge in [0.2, 0.25) is 0 Å². The zero-order valence-electron chi connectivity index (χ0n) is 17.7. The topological polar surface area (TPSA) is 66.4 Å². The second kappa shape index (κ2) is 8.11. The van der Waals surface area contributed by atoms with Gasteiger partial charge in [-0.25, -0.2) is 4.99 Å². The summed E-state index contributed by atoms with van der Waals surface area (Å²) in [7, 11) is 4.71. The average Bonchev–Trinajstić information content (AvgIpc) is 3.20. The first kappa shape index (κ1) is 20.4. The molecule has 1 aliphatic heterocycles. The zero-order valence-corrected chi connectivity index (χ0v) is 17.7. The van der Waals surface area contributed by atoms with E-state index in [4.69, 9.17) is 23.9 Å². The van der Waals surface area contributed by atoms with Crippen molar-refractivity contribution in [2.24, 2.45) is 16.3 Å². The van der Waals surface area contributed by atoms with Gasteiger partial charge in [-0.2, -0.15) is 0 Å². The largest absolute Gasteiger partial charge is 0.497 e. The van der Waals surface area contributed by atoms with Gasteiger partial charge in [-0.15, -0.1) is 0 Å². The molecule has 4 rings (SSSR count). The summed E-state index contributed by atoms with van der Waals surface area (Å²) in [6.45, 7) is 2.47. The van der Waals surface area contributed by atoms with E-state index in [0.717, 1.165) is 16.9 Å². The smallest absolute Gasteiger partial charge is 0.310 e. The molecule has 0 radical (unpaired) electrons. The summed E-state index contributed by atoms with van der Waals surface area (Å²) in [5.74, 6) is 0.680. The summed E-state index contributed by atoms with van der Waals surface area (Å²) in [5, 5.41) is 0. The molecule has 6 nitrogen and oxygen atoms in total. The van der Waals surface area contributed by atoms with E-state index in [1.807, 2.05) is 61.5 Å². The second-order valence-corrected chi connectivity index (χ2v) is 7.94. The number of ether oxygens (including phenoxy) is 4. The number of benzene rings is 2. The number of esters is 1. The van der Waals surface area contributed by atoms with Crippen LogP contribution in [0.4, 0.5) is 0 Å². The maximum absolute atomic E-state index is 12.6. The first-order chi connectivity index (χ1) is 14.5. The highest BCUT2D eigenvalue weighted by atomic mass is 16.5. The molecular formula is C24H27NO5. The van der Waals surface area contributed by atoms with Crippen LogP contribution in [0.3, 0.4) is 0 Å². The lowest BCUT2D eigenvalue weighted by Crippen LogP contribution is -2.21. The fraction of sp³-hybridized carbons (Fsp3) is 0.417. The standard InChI is InChI=1S/C24H27NO5/c1-24(19(20(24)22(26)29-4)15-10-12-17(28-3)13-11-15)23-25-18(14-27-2)21(30-23)16-8-6-5-7-9-16/h5-13,18-21H,14H2,1-4H3/t18-,19-,20+,21-,24-/m0/s1. The zero-order chi connectivity index (χ0) is 21.3. The number of rotatable bonds is 7. The van der Waals surface area contributed by atoms with Gasteiger partial charge in [0.05, 0.1) is 32.2 Å². The predicted molar refractivity (Wildman–Crippen MR) is 113 cm³/mol. The van der Waals surface area contributed by atoms with Gasteiger partial charge in [0.15, 0.2) is 5.90 Å². The molecule has 2 aromatic carbocycles. The third kappa shape index (κ3) is 3.35. The summed E-state index contributed by atoms with van der Waals surface area (Å²) in [5.41, 5.74) is 1.50. The second-order valence-electron chi connectivity index (χ2n) is 7.94. The fourth-order valence-electron chi connectivity index (χ4n) is 4.58. The lowest BCUT2D eigenvalue weighted by molar-refractivity contribution is -0.142. The van der Waals surface area contributed by atoms with Crippen LogP contribution in [0.2, 0.25) is 0 Å². The summed E-state index contributed by atoms with van der Waals surface area (Å²) >= 11 is 0. The van der Waals surface area contributed by atoms with Crippen LogP contribution in [0.5, 0.6) is 5.75 Å². The summed E-state index contributed by atoms with van der Waals surface area (Å²) < 4.78 is 22.2. The minimum Gasteiger partial charge on any atom is -0.497 e. The van der Waals surface area contributed by atoms with Gasteiger partial charge in [-0.05, 0) is 30.2 Å². The highest BCUT2D eigenvalue weighted by Crippen LogP contribution is 2.67. The third-order valence-corrected chi connectivity index (χ3v) is 6.24. The monoisotopic (exact) mass is 409 g/mol. The first-order valence-electron chi connectivity index (χ1n) is 10.0. The molecule has 158 valence electrons. The molecule has 2 aliphatic rings. The Kier molecular flexibility index (Phi) is 5.52. The Labute approximate surface area is 176 Å². The van der Waals surface area contributed by atoms with E-state index in [-0.39, 0.29) is 30.0 Å². The van der Waals surface area contributed by atoms with Crippen LogP contribution in [0.1, 0.15) is 30.1 Å². The Bertz CT molecular complexity index is 926. The summed E-state index contributed by atoms with van der Waals surface area (Å²) in [6, 6.07) is 17.6. The Hall–Kier alpha value is -2.86. The predicted octanol–water partition coefficient (Wildman–Crippen LogP) is 3.77. The van der Waals surface area contributed by atoms with Gasteiger partial charge in [-0.3, -0.25) is 4.79 Å². The molecule has 1 aliphatic carbocycles. The first-order valence-corrected chi connectivity index (χ1v) is 10.0. The molecule has 0 N–H and O–H groups in total. The molecule has 2 aromatic rings. The van der Waals surface area contributed by atoms with E-state index in [1.165, 1.54) is 7.11 Å². The molecule has 0 saturated heterocycles. The molecule has 5 atom stereocenters. The van der Waals surface area contributed by atoms with E-state index in [9.17, 15) is 4.79 Å². The number of aliphatic imine (C=N–C) groups is 1. The van der Waals surface area contributed by atoms with Gasteiger partial charge in [0.1, 0.15) is 17.9 Å². The van der Waals surface area contributed by atoms with Gasteiger partial charge >= 0.3 is 5.97 Å². The van der Waals surface area contributed by atoms with Gasteiger partial charge in [-0.1, -0.05) is 42.5 Å². The third-order valence-electron chi connectivity index (χ3n) is 6.24. The van der Waals surface area contributed by atoms with Crippen molar-refractivity contribution in [1.82, 2.24) is 0 Å². The maximum atomic E-state index is 12.6. The number of methoxy groups -OCH3 is 3. The molecule has 1 fully saturated rings. The van der Waals surface area contributed by atoms with E-state index >= 15 is 0 Å². The molecule has 0 aromatic heterocycles. The number of carbonyl (C=O) groups is 1. The van der Waals surface area contributed by atoms with E-state index in [2.05, 4.69) is 0 Å².